The highest BCUT2D eigenvalue weighted by Crippen LogP contribution is 2.30. The summed E-state index contributed by atoms with van der Waals surface area (Å²) in [4.78, 5) is 16.0. The summed E-state index contributed by atoms with van der Waals surface area (Å²) in [5, 5.41) is 6.62. The average molecular weight is 370 g/mol. The molecule has 4 nitrogen and oxygen atoms in total. The van der Waals surface area contributed by atoms with Gasteiger partial charge in [0.1, 0.15) is 5.02 Å². The maximum Gasteiger partial charge on any atom is 0.292 e. The molecule has 2 aromatic heterocycles. The smallest absolute Gasteiger partial charge is 0.292 e. The van der Waals surface area contributed by atoms with Crippen molar-refractivity contribution >= 4 is 34.2 Å². The molecule has 0 atom stereocenters. The molecule has 0 spiro atoms. The first kappa shape index (κ1) is 16.1. The van der Waals surface area contributed by atoms with E-state index in [-0.39, 0.29) is 10.6 Å². The van der Waals surface area contributed by atoms with Gasteiger partial charge in [0, 0.05) is 18.0 Å². The van der Waals surface area contributed by atoms with Gasteiger partial charge in [-0.25, -0.2) is 0 Å². The van der Waals surface area contributed by atoms with Gasteiger partial charge in [-0.2, -0.15) is 9.78 Å². The highest BCUT2D eigenvalue weighted by molar-refractivity contribution is 7.11. The van der Waals surface area contributed by atoms with Crippen molar-refractivity contribution < 1.29 is 0 Å². The second kappa shape index (κ2) is 6.86. The van der Waals surface area contributed by atoms with Gasteiger partial charge in [-0.15, -0.1) is 11.3 Å². The van der Waals surface area contributed by atoms with E-state index in [0.29, 0.717) is 11.4 Å². The highest BCUT2D eigenvalue weighted by Gasteiger charge is 2.19. The summed E-state index contributed by atoms with van der Waals surface area (Å²) in [5.41, 5.74) is 2.46. The van der Waals surface area contributed by atoms with E-state index >= 15 is 0 Å². The lowest BCUT2D eigenvalue weighted by molar-refractivity contribution is 0.779. The summed E-state index contributed by atoms with van der Waals surface area (Å²) >= 11 is 8.14. The van der Waals surface area contributed by atoms with Crippen LogP contribution in [0, 0.1) is 0 Å². The minimum Gasteiger partial charge on any atom is -0.365 e. The summed E-state index contributed by atoms with van der Waals surface area (Å²) in [6.07, 6.45) is 4.81. The van der Waals surface area contributed by atoms with Crippen LogP contribution < -0.4 is 10.5 Å². The molecule has 0 fully saturated rings. The van der Waals surface area contributed by atoms with Crippen molar-refractivity contribution in [1.29, 1.82) is 0 Å². The van der Waals surface area contributed by atoms with Crippen LogP contribution in [0.4, 0.5) is 5.69 Å². The number of hydrogen-bond acceptors (Lipinski definition) is 4. The average Bonchev–Trinajstić information content (AvgIpc) is 3.20. The number of benzene rings is 1. The molecule has 0 saturated heterocycles. The van der Waals surface area contributed by atoms with Crippen molar-refractivity contribution in [2.75, 3.05) is 18.0 Å². The number of hydrogen-bond donors (Lipinski definition) is 0. The normalized spacial score (nSPS) is 14.4. The van der Waals surface area contributed by atoms with Crippen LogP contribution in [0.2, 0.25) is 5.02 Å². The Kier molecular flexibility index (Phi) is 4.42. The van der Waals surface area contributed by atoms with E-state index in [1.807, 2.05) is 30.3 Å². The molecule has 6 heteroatoms. The van der Waals surface area contributed by atoms with Crippen LogP contribution in [0.1, 0.15) is 11.3 Å². The zero-order valence-corrected chi connectivity index (χ0v) is 15.0. The van der Waals surface area contributed by atoms with E-state index in [0.717, 1.165) is 19.5 Å². The number of nitrogens with zero attached hydrogens (tertiary/aromatic N) is 3. The number of para-hydroxylation sites is 1. The van der Waals surface area contributed by atoms with Crippen molar-refractivity contribution in [2.45, 2.75) is 6.42 Å². The predicted molar refractivity (Wildman–Crippen MR) is 104 cm³/mol. The third kappa shape index (κ3) is 3.13. The van der Waals surface area contributed by atoms with Gasteiger partial charge in [0.2, 0.25) is 0 Å². The molecule has 126 valence electrons. The first-order valence-corrected chi connectivity index (χ1v) is 9.31. The Labute approximate surface area is 154 Å². The second-order valence-electron chi connectivity index (χ2n) is 5.80. The van der Waals surface area contributed by atoms with Gasteiger partial charge in [0.05, 0.1) is 17.6 Å². The van der Waals surface area contributed by atoms with Crippen LogP contribution in [0.15, 0.2) is 64.9 Å². The van der Waals surface area contributed by atoms with Crippen molar-refractivity contribution in [2.24, 2.45) is 0 Å². The Bertz CT molecular complexity index is 964. The molecule has 25 heavy (non-hydrogen) atoms. The van der Waals surface area contributed by atoms with Crippen molar-refractivity contribution in [1.82, 2.24) is 9.78 Å². The number of rotatable bonds is 3. The first-order valence-electron chi connectivity index (χ1n) is 8.05. The zero-order valence-electron chi connectivity index (χ0n) is 13.4. The molecule has 0 unspecified atom stereocenters. The molecule has 0 aliphatic carbocycles. The second-order valence-corrected chi connectivity index (χ2v) is 7.12. The van der Waals surface area contributed by atoms with Crippen LogP contribution in [-0.4, -0.2) is 22.9 Å². The Balaban J connectivity index is 1.62. The molecule has 0 radical (unpaired) electrons. The van der Waals surface area contributed by atoms with E-state index in [1.54, 1.807) is 17.5 Å². The highest BCUT2D eigenvalue weighted by atomic mass is 35.5. The topological polar surface area (TPSA) is 38.1 Å². The van der Waals surface area contributed by atoms with Crippen molar-refractivity contribution in [3.63, 3.8) is 0 Å². The third-order valence-corrected chi connectivity index (χ3v) is 5.59. The molecule has 4 rings (SSSR count). The fraction of sp³-hybridized carbons (Fsp3) is 0.158. The minimum absolute atomic E-state index is 0.215. The van der Waals surface area contributed by atoms with Gasteiger partial charge < -0.3 is 4.90 Å². The maximum atomic E-state index is 12.6. The first-order chi connectivity index (χ1) is 12.2. The quantitative estimate of drug-likeness (QED) is 0.693. The lowest BCUT2D eigenvalue weighted by Gasteiger charge is -2.28. The lowest BCUT2D eigenvalue weighted by Crippen LogP contribution is -2.31. The van der Waals surface area contributed by atoms with E-state index in [9.17, 15) is 4.79 Å². The van der Waals surface area contributed by atoms with Gasteiger partial charge >= 0.3 is 0 Å². The number of thiophene rings is 1. The van der Waals surface area contributed by atoms with Crippen LogP contribution >= 0.6 is 22.9 Å². The molecule has 0 amide bonds. The van der Waals surface area contributed by atoms with Crippen LogP contribution in [0.25, 0.3) is 11.3 Å². The van der Waals surface area contributed by atoms with Crippen molar-refractivity contribution in [3.05, 3.63) is 80.4 Å². The van der Waals surface area contributed by atoms with Crippen LogP contribution in [-0.2, 0) is 0 Å². The molecular formula is C19H16ClN3OS. The number of halogens is 1. The van der Waals surface area contributed by atoms with Gasteiger partial charge in [-0.05, 0) is 35.6 Å². The maximum absolute atomic E-state index is 12.6. The monoisotopic (exact) mass is 369 g/mol. The molecule has 0 bridgehead atoms. The number of aromatic nitrogens is 2. The van der Waals surface area contributed by atoms with E-state index < -0.39 is 0 Å². The van der Waals surface area contributed by atoms with Crippen LogP contribution in [0.3, 0.4) is 0 Å². The van der Waals surface area contributed by atoms with E-state index in [1.165, 1.54) is 15.1 Å². The van der Waals surface area contributed by atoms with Gasteiger partial charge in [0.25, 0.3) is 5.56 Å². The molecular weight excluding hydrogens is 354 g/mol. The summed E-state index contributed by atoms with van der Waals surface area (Å²) in [6, 6.07) is 13.5. The Morgan fingerprint density at radius 3 is 2.64 bits per heavy atom. The lowest BCUT2D eigenvalue weighted by atomic mass is 10.1. The number of anilines is 1. The van der Waals surface area contributed by atoms with E-state index in [4.69, 9.17) is 11.6 Å². The summed E-state index contributed by atoms with van der Waals surface area (Å²) in [7, 11) is 0. The third-order valence-electron chi connectivity index (χ3n) is 4.29. The standard InChI is InChI=1S/C19H16ClN3OS/c20-18-16(13-21-23(19(18)24)15-5-2-1-3-6-15)22-10-8-14(9-11-22)17-7-4-12-25-17/h1-8,12-13H,9-11H2. The van der Waals surface area contributed by atoms with Gasteiger partial charge in [0.15, 0.2) is 0 Å². The molecule has 0 saturated carbocycles. The van der Waals surface area contributed by atoms with Gasteiger partial charge in [-0.3, -0.25) is 4.79 Å². The Hall–Kier alpha value is -2.37. The van der Waals surface area contributed by atoms with Crippen molar-refractivity contribution in [3.8, 4) is 5.69 Å². The molecule has 0 N–H and O–H groups in total. The largest absolute Gasteiger partial charge is 0.365 e. The minimum atomic E-state index is -0.293. The molecule has 1 aliphatic heterocycles. The van der Waals surface area contributed by atoms with Gasteiger partial charge in [-0.1, -0.05) is 41.9 Å². The summed E-state index contributed by atoms with van der Waals surface area (Å²) in [5.74, 6) is 0. The molecule has 3 aromatic rings. The fourth-order valence-electron chi connectivity index (χ4n) is 2.97. The molecule has 1 aliphatic rings. The fourth-order valence-corrected chi connectivity index (χ4v) is 4.02. The SMILES string of the molecule is O=c1c(Cl)c(N2CC=C(c3cccs3)CC2)cnn1-c1ccccc1. The van der Waals surface area contributed by atoms with Crippen LogP contribution in [0.5, 0.6) is 0 Å². The van der Waals surface area contributed by atoms with E-state index in [2.05, 4.69) is 33.6 Å². The zero-order chi connectivity index (χ0) is 17.2. The Morgan fingerprint density at radius 2 is 1.96 bits per heavy atom. The summed E-state index contributed by atoms with van der Waals surface area (Å²) < 4.78 is 1.34. The molecule has 1 aromatic carbocycles. The summed E-state index contributed by atoms with van der Waals surface area (Å²) in [6.45, 7) is 1.54. The predicted octanol–water partition coefficient (Wildman–Crippen LogP) is 4.24. The molecule has 3 heterocycles. The Morgan fingerprint density at radius 1 is 1.12 bits per heavy atom.